The molecule has 0 bridgehead atoms. The topological polar surface area (TPSA) is 60.6 Å². The molecule has 2 aromatic heterocycles. The van der Waals surface area contributed by atoms with Crippen molar-refractivity contribution in [3.8, 4) is 11.3 Å². The van der Waals surface area contributed by atoms with E-state index in [9.17, 15) is 0 Å². The molecule has 2 N–H and O–H groups in total. The molecule has 0 unspecified atom stereocenters. The average Bonchev–Trinajstić information content (AvgIpc) is 3.16. The summed E-state index contributed by atoms with van der Waals surface area (Å²) < 4.78 is 0. The number of nitrogens with zero attached hydrogens (tertiary/aromatic N) is 3. The molecule has 0 spiro atoms. The van der Waals surface area contributed by atoms with Gasteiger partial charge in [-0.05, 0) is 6.42 Å². The number of imidazole rings is 1. The van der Waals surface area contributed by atoms with E-state index in [1.54, 1.807) is 6.33 Å². The Morgan fingerprint density at radius 1 is 1.09 bits per heavy atom. The van der Waals surface area contributed by atoms with Gasteiger partial charge >= 0.3 is 0 Å². The highest BCUT2D eigenvalue weighted by molar-refractivity contribution is 5.64. The number of aromatic amines is 2. The van der Waals surface area contributed by atoms with Gasteiger partial charge in [0.2, 0.25) is 0 Å². The van der Waals surface area contributed by atoms with Gasteiger partial charge in [0.25, 0.3) is 0 Å². The molecular formula is C17H19N5. The van der Waals surface area contributed by atoms with E-state index in [1.807, 2.05) is 12.3 Å². The summed E-state index contributed by atoms with van der Waals surface area (Å²) in [7, 11) is 0. The third kappa shape index (κ3) is 2.55. The molecule has 0 amide bonds. The summed E-state index contributed by atoms with van der Waals surface area (Å²) in [5.74, 6) is 0. The van der Waals surface area contributed by atoms with Crippen LogP contribution >= 0.6 is 0 Å². The van der Waals surface area contributed by atoms with Gasteiger partial charge in [0.1, 0.15) is 0 Å². The Hall–Kier alpha value is -2.40. The van der Waals surface area contributed by atoms with Crippen LogP contribution in [0.5, 0.6) is 0 Å². The molecule has 4 rings (SSSR count). The lowest BCUT2D eigenvalue weighted by Crippen LogP contribution is -2.26. The number of fused-ring (bicyclic) bond motifs is 1. The third-order valence-corrected chi connectivity index (χ3v) is 4.30. The van der Waals surface area contributed by atoms with Crippen LogP contribution in [0.3, 0.4) is 0 Å². The molecule has 22 heavy (non-hydrogen) atoms. The van der Waals surface area contributed by atoms with E-state index in [-0.39, 0.29) is 0 Å². The normalized spacial score (nSPS) is 15.5. The Labute approximate surface area is 129 Å². The van der Waals surface area contributed by atoms with Crippen molar-refractivity contribution < 1.29 is 0 Å². The third-order valence-electron chi connectivity index (χ3n) is 4.30. The Kier molecular flexibility index (Phi) is 3.48. The van der Waals surface area contributed by atoms with Crippen LogP contribution in [0.2, 0.25) is 0 Å². The summed E-state index contributed by atoms with van der Waals surface area (Å²) in [5, 5.41) is 7.80. The smallest absolute Gasteiger partial charge is 0.0955 e. The van der Waals surface area contributed by atoms with Crippen LogP contribution in [0.1, 0.15) is 17.0 Å². The Balaban J connectivity index is 1.54. The van der Waals surface area contributed by atoms with Crippen molar-refractivity contribution >= 4 is 0 Å². The van der Waals surface area contributed by atoms with E-state index in [0.29, 0.717) is 0 Å². The van der Waals surface area contributed by atoms with Gasteiger partial charge in [-0.3, -0.25) is 10.00 Å². The first-order chi connectivity index (χ1) is 10.9. The lowest BCUT2D eigenvalue weighted by molar-refractivity contribution is 0.275. The van der Waals surface area contributed by atoms with Gasteiger partial charge in [0, 0.05) is 54.8 Å². The fourth-order valence-electron chi connectivity index (χ4n) is 3.13. The van der Waals surface area contributed by atoms with E-state index in [0.717, 1.165) is 38.2 Å². The standard InChI is InChI=1S/C17H19N5/c1-2-4-13(5-3-1)17-15-6-8-22(9-7-16(15)20-21-17)11-14-10-18-12-19-14/h1-5,10,12H,6-9,11H2,(H,18,19)(H,20,21). The predicted molar refractivity (Wildman–Crippen MR) is 85.3 cm³/mol. The van der Waals surface area contributed by atoms with Crippen molar-refractivity contribution in [1.29, 1.82) is 0 Å². The highest BCUT2D eigenvalue weighted by Gasteiger charge is 2.20. The number of benzene rings is 1. The first kappa shape index (κ1) is 13.3. The minimum absolute atomic E-state index is 0.929. The molecule has 5 nitrogen and oxygen atoms in total. The van der Waals surface area contributed by atoms with E-state index >= 15 is 0 Å². The summed E-state index contributed by atoms with van der Waals surface area (Å²) in [6.07, 6.45) is 5.70. The molecule has 0 fully saturated rings. The quantitative estimate of drug-likeness (QED) is 0.779. The molecule has 0 aliphatic carbocycles. The first-order valence-corrected chi connectivity index (χ1v) is 7.71. The van der Waals surface area contributed by atoms with Crippen molar-refractivity contribution in [2.24, 2.45) is 0 Å². The fraction of sp³-hybridized carbons (Fsp3) is 0.294. The summed E-state index contributed by atoms with van der Waals surface area (Å²) in [5.41, 5.74) is 6.14. The van der Waals surface area contributed by atoms with Gasteiger partial charge in [-0.15, -0.1) is 0 Å². The van der Waals surface area contributed by atoms with Crippen LogP contribution in [-0.4, -0.2) is 38.2 Å². The highest BCUT2D eigenvalue weighted by atomic mass is 15.2. The van der Waals surface area contributed by atoms with Gasteiger partial charge in [-0.1, -0.05) is 30.3 Å². The maximum Gasteiger partial charge on any atom is 0.0955 e. The number of nitrogens with one attached hydrogen (secondary N) is 2. The molecule has 0 atom stereocenters. The molecule has 0 radical (unpaired) electrons. The molecule has 1 aliphatic heterocycles. The molecule has 0 saturated heterocycles. The van der Waals surface area contributed by atoms with E-state index < -0.39 is 0 Å². The fourth-order valence-corrected chi connectivity index (χ4v) is 3.13. The van der Waals surface area contributed by atoms with Crippen molar-refractivity contribution in [3.05, 3.63) is 59.8 Å². The summed E-state index contributed by atoms with van der Waals surface area (Å²) in [6.45, 7) is 3.02. The van der Waals surface area contributed by atoms with Crippen molar-refractivity contribution in [1.82, 2.24) is 25.1 Å². The highest BCUT2D eigenvalue weighted by Crippen LogP contribution is 2.26. The summed E-state index contributed by atoms with van der Waals surface area (Å²) in [4.78, 5) is 9.75. The Morgan fingerprint density at radius 2 is 1.95 bits per heavy atom. The van der Waals surface area contributed by atoms with Crippen LogP contribution < -0.4 is 0 Å². The minimum atomic E-state index is 0.929. The molecular weight excluding hydrogens is 274 g/mol. The second kappa shape index (κ2) is 5.77. The minimum Gasteiger partial charge on any atom is -0.347 e. The largest absolute Gasteiger partial charge is 0.347 e. The second-order valence-electron chi connectivity index (χ2n) is 5.75. The maximum absolute atomic E-state index is 4.55. The zero-order valence-corrected chi connectivity index (χ0v) is 12.4. The molecule has 0 saturated carbocycles. The predicted octanol–water partition coefficient (Wildman–Crippen LogP) is 2.40. The monoisotopic (exact) mass is 293 g/mol. The Morgan fingerprint density at radius 3 is 2.77 bits per heavy atom. The molecule has 5 heteroatoms. The number of aromatic nitrogens is 4. The number of rotatable bonds is 3. The Bertz CT molecular complexity index is 730. The van der Waals surface area contributed by atoms with E-state index in [1.165, 1.54) is 22.5 Å². The van der Waals surface area contributed by atoms with Gasteiger partial charge in [0.05, 0.1) is 12.0 Å². The molecule has 3 aromatic rings. The number of hydrogen-bond donors (Lipinski definition) is 2. The lowest BCUT2D eigenvalue weighted by atomic mass is 10.0. The zero-order chi connectivity index (χ0) is 14.8. The van der Waals surface area contributed by atoms with Gasteiger partial charge in [-0.25, -0.2) is 4.98 Å². The number of H-pyrrole nitrogens is 2. The van der Waals surface area contributed by atoms with Crippen LogP contribution in [0.15, 0.2) is 42.9 Å². The second-order valence-corrected chi connectivity index (χ2v) is 5.75. The zero-order valence-electron chi connectivity index (χ0n) is 12.4. The molecule has 1 aromatic carbocycles. The maximum atomic E-state index is 4.55. The number of hydrogen-bond acceptors (Lipinski definition) is 3. The van der Waals surface area contributed by atoms with E-state index in [4.69, 9.17) is 0 Å². The van der Waals surface area contributed by atoms with Crippen LogP contribution in [0.25, 0.3) is 11.3 Å². The van der Waals surface area contributed by atoms with Crippen LogP contribution in [0, 0.1) is 0 Å². The average molecular weight is 293 g/mol. The van der Waals surface area contributed by atoms with Crippen molar-refractivity contribution in [2.45, 2.75) is 19.4 Å². The van der Waals surface area contributed by atoms with Gasteiger partial charge in [0.15, 0.2) is 0 Å². The van der Waals surface area contributed by atoms with E-state index in [2.05, 4.69) is 49.3 Å². The van der Waals surface area contributed by atoms with Gasteiger partial charge in [-0.2, -0.15) is 5.10 Å². The molecule has 3 heterocycles. The SMILES string of the molecule is c1ccc(-c2n[nH]c3c2CCN(Cc2cnc[nH]2)CC3)cc1. The lowest BCUT2D eigenvalue weighted by Gasteiger charge is -2.18. The van der Waals surface area contributed by atoms with Crippen LogP contribution in [-0.2, 0) is 19.4 Å². The molecule has 1 aliphatic rings. The summed E-state index contributed by atoms with van der Waals surface area (Å²) in [6, 6.07) is 10.4. The summed E-state index contributed by atoms with van der Waals surface area (Å²) >= 11 is 0. The molecule has 112 valence electrons. The first-order valence-electron chi connectivity index (χ1n) is 7.71. The van der Waals surface area contributed by atoms with Crippen molar-refractivity contribution in [2.75, 3.05) is 13.1 Å². The van der Waals surface area contributed by atoms with Crippen molar-refractivity contribution in [3.63, 3.8) is 0 Å². The van der Waals surface area contributed by atoms with Crippen LogP contribution in [0.4, 0.5) is 0 Å². The van der Waals surface area contributed by atoms with Gasteiger partial charge < -0.3 is 4.98 Å².